The molecule has 1 N–H and O–H groups in total. The van der Waals surface area contributed by atoms with Crippen molar-refractivity contribution in [3.63, 3.8) is 0 Å². The Morgan fingerprint density at radius 3 is 2.95 bits per heavy atom. The molecule has 0 fully saturated rings. The van der Waals surface area contributed by atoms with E-state index in [0.717, 1.165) is 17.1 Å². The Morgan fingerprint density at radius 1 is 1.35 bits per heavy atom. The van der Waals surface area contributed by atoms with Gasteiger partial charge in [0, 0.05) is 5.38 Å². The molecule has 3 heterocycles. The van der Waals surface area contributed by atoms with E-state index in [-0.39, 0.29) is 6.04 Å². The molecule has 0 spiro atoms. The smallest absolute Gasteiger partial charge is 0.258 e. The van der Waals surface area contributed by atoms with E-state index >= 15 is 0 Å². The van der Waals surface area contributed by atoms with Gasteiger partial charge in [-0.25, -0.2) is 0 Å². The first kappa shape index (κ1) is 13.1. The van der Waals surface area contributed by atoms with E-state index in [0.29, 0.717) is 18.3 Å². The molecule has 20 heavy (non-hydrogen) atoms. The summed E-state index contributed by atoms with van der Waals surface area (Å²) in [5, 5.41) is 11.2. The Kier molecular flexibility index (Phi) is 3.66. The Hall–Kier alpha value is -1.92. The van der Waals surface area contributed by atoms with E-state index in [4.69, 9.17) is 8.94 Å². The van der Waals surface area contributed by atoms with Crippen molar-refractivity contribution in [3.05, 3.63) is 46.3 Å². The van der Waals surface area contributed by atoms with Crippen molar-refractivity contribution in [3.8, 4) is 11.5 Å². The minimum atomic E-state index is 0.104. The molecular weight excluding hydrogens is 274 g/mol. The Morgan fingerprint density at radius 2 is 2.25 bits per heavy atom. The number of aryl methyl sites for hydroxylation is 1. The average molecular weight is 289 g/mol. The standard InChI is InChI=1S/C14H15N3O2S/c1-9-3-4-12(18-9)10(2)15-7-13-16-14(19-17-13)11-5-6-20-8-11/h3-6,8,10,15H,7H2,1-2H3. The molecular formula is C14H15N3O2S. The van der Waals surface area contributed by atoms with Crippen molar-refractivity contribution in [2.45, 2.75) is 26.4 Å². The van der Waals surface area contributed by atoms with Crippen LogP contribution in [0, 0.1) is 6.92 Å². The first-order valence-corrected chi connectivity index (χ1v) is 7.31. The van der Waals surface area contributed by atoms with Gasteiger partial charge in [0.2, 0.25) is 0 Å². The highest BCUT2D eigenvalue weighted by atomic mass is 32.1. The van der Waals surface area contributed by atoms with Crippen molar-refractivity contribution in [2.75, 3.05) is 0 Å². The van der Waals surface area contributed by atoms with Crippen molar-refractivity contribution >= 4 is 11.3 Å². The lowest BCUT2D eigenvalue weighted by Gasteiger charge is -2.08. The fourth-order valence-corrected chi connectivity index (χ4v) is 2.49. The third kappa shape index (κ3) is 2.81. The van der Waals surface area contributed by atoms with Gasteiger partial charge >= 0.3 is 0 Å². The van der Waals surface area contributed by atoms with Crippen LogP contribution in [0.15, 0.2) is 37.9 Å². The minimum absolute atomic E-state index is 0.104. The van der Waals surface area contributed by atoms with Crippen LogP contribution in [-0.2, 0) is 6.54 Å². The molecule has 0 saturated heterocycles. The number of hydrogen-bond acceptors (Lipinski definition) is 6. The summed E-state index contributed by atoms with van der Waals surface area (Å²) in [4.78, 5) is 4.36. The normalized spacial score (nSPS) is 12.7. The van der Waals surface area contributed by atoms with Crippen molar-refractivity contribution < 1.29 is 8.94 Å². The molecule has 6 heteroatoms. The highest BCUT2D eigenvalue weighted by Gasteiger charge is 2.12. The first-order valence-electron chi connectivity index (χ1n) is 6.37. The largest absolute Gasteiger partial charge is 0.465 e. The van der Waals surface area contributed by atoms with Gasteiger partial charge < -0.3 is 14.3 Å². The monoisotopic (exact) mass is 289 g/mol. The second-order valence-electron chi connectivity index (χ2n) is 4.58. The van der Waals surface area contributed by atoms with Crippen molar-refractivity contribution in [1.82, 2.24) is 15.5 Å². The Bertz CT molecular complexity index is 672. The third-order valence-corrected chi connectivity index (χ3v) is 3.67. The third-order valence-electron chi connectivity index (χ3n) is 2.99. The molecule has 104 valence electrons. The number of nitrogens with one attached hydrogen (secondary N) is 1. The summed E-state index contributed by atoms with van der Waals surface area (Å²) in [5.74, 6) is 3.02. The summed E-state index contributed by atoms with van der Waals surface area (Å²) in [6.07, 6.45) is 0. The van der Waals surface area contributed by atoms with E-state index < -0.39 is 0 Å². The molecule has 1 atom stereocenters. The quantitative estimate of drug-likeness (QED) is 0.778. The summed E-state index contributed by atoms with van der Waals surface area (Å²) in [7, 11) is 0. The Labute approximate surface area is 120 Å². The van der Waals surface area contributed by atoms with Gasteiger partial charge in [-0.05, 0) is 37.4 Å². The van der Waals surface area contributed by atoms with E-state index in [9.17, 15) is 0 Å². The van der Waals surface area contributed by atoms with Gasteiger partial charge in [-0.3, -0.25) is 0 Å². The molecule has 5 nitrogen and oxygen atoms in total. The van der Waals surface area contributed by atoms with E-state index in [1.165, 1.54) is 0 Å². The number of aromatic nitrogens is 2. The predicted molar refractivity (Wildman–Crippen MR) is 76.3 cm³/mol. The highest BCUT2D eigenvalue weighted by Crippen LogP contribution is 2.20. The molecule has 0 radical (unpaired) electrons. The number of furan rings is 1. The van der Waals surface area contributed by atoms with Crippen LogP contribution in [0.25, 0.3) is 11.5 Å². The molecule has 3 aromatic heterocycles. The zero-order valence-electron chi connectivity index (χ0n) is 11.3. The van der Waals surface area contributed by atoms with Crippen LogP contribution < -0.4 is 5.32 Å². The maximum absolute atomic E-state index is 5.57. The van der Waals surface area contributed by atoms with Gasteiger partial charge in [0.1, 0.15) is 11.5 Å². The molecule has 0 bridgehead atoms. The van der Waals surface area contributed by atoms with Gasteiger partial charge in [-0.15, -0.1) is 0 Å². The molecule has 0 amide bonds. The Balaban J connectivity index is 1.61. The molecule has 0 aliphatic rings. The van der Waals surface area contributed by atoms with E-state index in [2.05, 4.69) is 15.5 Å². The van der Waals surface area contributed by atoms with Crippen LogP contribution in [-0.4, -0.2) is 10.1 Å². The van der Waals surface area contributed by atoms with Crippen LogP contribution >= 0.6 is 11.3 Å². The van der Waals surface area contributed by atoms with E-state index in [1.807, 2.05) is 42.8 Å². The average Bonchev–Trinajstić information content (AvgIpc) is 3.16. The summed E-state index contributed by atoms with van der Waals surface area (Å²) in [6, 6.07) is 5.99. The maximum atomic E-state index is 5.57. The second-order valence-corrected chi connectivity index (χ2v) is 5.36. The molecule has 0 aliphatic heterocycles. The zero-order chi connectivity index (χ0) is 13.9. The van der Waals surface area contributed by atoms with Crippen LogP contribution in [0.3, 0.4) is 0 Å². The van der Waals surface area contributed by atoms with Gasteiger partial charge in [0.25, 0.3) is 5.89 Å². The molecule has 1 unspecified atom stereocenters. The van der Waals surface area contributed by atoms with Crippen LogP contribution in [0.1, 0.15) is 30.3 Å². The van der Waals surface area contributed by atoms with Crippen molar-refractivity contribution in [2.24, 2.45) is 0 Å². The summed E-state index contributed by atoms with van der Waals surface area (Å²) in [6.45, 7) is 4.51. The minimum Gasteiger partial charge on any atom is -0.465 e. The molecule has 0 aliphatic carbocycles. The fourth-order valence-electron chi connectivity index (χ4n) is 1.86. The fraction of sp³-hybridized carbons (Fsp3) is 0.286. The molecule has 0 saturated carbocycles. The van der Waals surface area contributed by atoms with Crippen LogP contribution in [0.2, 0.25) is 0 Å². The number of thiophene rings is 1. The van der Waals surface area contributed by atoms with Gasteiger partial charge in [-0.2, -0.15) is 16.3 Å². The lowest BCUT2D eigenvalue weighted by Crippen LogP contribution is -2.18. The summed E-state index contributed by atoms with van der Waals surface area (Å²) >= 11 is 1.61. The number of nitrogens with zero attached hydrogens (tertiary/aromatic N) is 2. The molecule has 3 rings (SSSR count). The van der Waals surface area contributed by atoms with Gasteiger partial charge in [-0.1, -0.05) is 5.16 Å². The highest BCUT2D eigenvalue weighted by molar-refractivity contribution is 7.08. The lowest BCUT2D eigenvalue weighted by atomic mass is 10.2. The second kappa shape index (κ2) is 5.60. The van der Waals surface area contributed by atoms with Gasteiger partial charge in [0.15, 0.2) is 5.82 Å². The van der Waals surface area contributed by atoms with Crippen LogP contribution in [0.4, 0.5) is 0 Å². The lowest BCUT2D eigenvalue weighted by molar-refractivity contribution is 0.397. The SMILES string of the molecule is Cc1ccc(C(C)NCc2noc(-c3ccsc3)n2)o1. The molecule has 0 aromatic carbocycles. The summed E-state index contributed by atoms with van der Waals surface area (Å²) in [5.41, 5.74) is 0.962. The number of hydrogen-bond donors (Lipinski definition) is 1. The summed E-state index contributed by atoms with van der Waals surface area (Å²) < 4.78 is 10.8. The van der Waals surface area contributed by atoms with Crippen LogP contribution in [0.5, 0.6) is 0 Å². The van der Waals surface area contributed by atoms with Gasteiger partial charge in [0.05, 0.1) is 18.2 Å². The first-order chi connectivity index (χ1) is 9.72. The van der Waals surface area contributed by atoms with E-state index in [1.54, 1.807) is 11.3 Å². The maximum Gasteiger partial charge on any atom is 0.258 e. The van der Waals surface area contributed by atoms with Crippen molar-refractivity contribution in [1.29, 1.82) is 0 Å². The number of rotatable bonds is 5. The topological polar surface area (TPSA) is 64.1 Å². The zero-order valence-corrected chi connectivity index (χ0v) is 12.1. The predicted octanol–water partition coefficient (Wildman–Crippen LogP) is 3.55. The molecule has 3 aromatic rings.